The van der Waals surface area contributed by atoms with Crippen molar-refractivity contribution in [2.24, 2.45) is 5.41 Å². The molecule has 0 unspecified atom stereocenters. The average molecular weight is 583 g/mol. The Morgan fingerprint density at radius 1 is 0.927 bits per heavy atom. The van der Waals surface area contributed by atoms with Crippen LogP contribution < -0.4 is 4.74 Å². The first-order valence-corrected chi connectivity index (χ1v) is 14.8. The van der Waals surface area contributed by atoms with Gasteiger partial charge in [-0.05, 0) is 122 Å². The topological polar surface area (TPSA) is 15.7 Å². The van der Waals surface area contributed by atoms with Crippen molar-refractivity contribution < 1.29 is 17.9 Å². The highest BCUT2D eigenvalue weighted by Crippen LogP contribution is 2.41. The quantitative estimate of drug-likeness (QED) is 0.277. The Morgan fingerprint density at radius 3 is 2.34 bits per heavy atom. The normalized spacial score (nSPS) is 18.5. The van der Waals surface area contributed by atoms with E-state index in [2.05, 4.69) is 51.8 Å². The zero-order valence-electron chi connectivity index (χ0n) is 23.8. The van der Waals surface area contributed by atoms with Crippen LogP contribution in [0.3, 0.4) is 0 Å². The molecule has 2 fully saturated rings. The van der Waals surface area contributed by atoms with E-state index in [1.807, 2.05) is 25.1 Å². The van der Waals surface area contributed by atoms with E-state index < -0.39 is 6.36 Å². The Balaban J connectivity index is 1.23. The van der Waals surface area contributed by atoms with Gasteiger partial charge in [0.05, 0.1) is 0 Å². The molecule has 0 N–H and O–H groups in total. The van der Waals surface area contributed by atoms with E-state index in [0.29, 0.717) is 5.41 Å². The maximum Gasteiger partial charge on any atom is 0.573 e. The first-order chi connectivity index (χ1) is 19.6. The van der Waals surface area contributed by atoms with E-state index in [9.17, 15) is 13.2 Å². The number of nitrogens with zero attached hydrogens (tertiary/aromatic N) is 2. The average Bonchev–Trinajstić information content (AvgIpc) is 2.94. The van der Waals surface area contributed by atoms with E-state index in [4.69, 9.17) is 11.6 Å². The molecule has 0 aliphatic carbocycles. The molecule has 0 saturated carbocycles. The van der Waals surface area contributed by atoms with Crippen molar-refractivity contribution in [1.82, 2.24) is 9.80 Å². The molecule has 1 spiro atoms. The molecule has 7 heteroatoms. The number of alkyl halides is 3. The molecule has 0 amide bonds. The number of halogens is 4. The minimum absolute atomic E-state index is 0.212. The number of hydrogen-bond acceptors (Lipinski definition) is 3. The van der Waals surface area contributed by atoms with Crippen molar-refractivity contribution in [2.75, 3.05) is 26.2 Å². The molecular weight excluding hydrogens is 545 g/mol. The predicted molar refractivity (Wildman–Crippen MR) is 160 cm³/mol. The van der Waals surface area contributed by atoms with Crippen LogP contribution in [0.4, 0.5) is 13.2 Å². The molecule has 5 rings (SSSR count). The maximum atomic E-state index is 12.6. The third kappa shape index (κ3) is 7.54. The molecule has 0 bridgehead atoms. The predicted octanol–water partition coefficient (Wildman–Crippen LogP) is 8.88. The van der Waals surface area contributed by atoms with Gasteiger partial charge in [0.1, 0.15) is 5.75 Å². The van der Waals surface area contributed by atoms with Crippen LogP contribution in [0, 0.1) is 12.3 Å². The van der Waals surface area contributed by atoms with E-state index in [0.717, 1.165) is 66.6 Å². The third-order valence-corrected chi connectivity index (χ3v) is 9.06. The van der Waals surface area contributed by atoms with Crippen LogP contribution in [0.25, 0.3) is 5.57 Å². The van der Waals surface area contributed by atoms with Gasteiger partial charge in [0, 0.05) is 24.7 Å². The Labute approximate surface area is 246 Å². The van der Waals surface area contributed by atoms with Gasteiger partial charge in [-0.15, -0.1) is 13.2 Å². The lowest BCUT2D eigenvalue weighted by Crippen LogP contribution is -2.49. The van der Waals surface area contributed by atoms with Gasteiger partial charge in [0.25, 0.3) is 0 Å². The van der Waals surface area contributed by atoms with Crippen molar-refractivity contribution in [2.45, 2.75) is 59.0 Å². The standard InChI is InChI=1S/C34H38ClF3N2O/c1-3-30(27-11-13-29(14-12-27)41-34(36,37)38)31-21-26(10-9-25(31)2)22-40-18-6-15-33(24-40)16-19-39(20-17-33)23-28-7-4-5-8-32(28)35/h3-5,7-14,21H,6,15-20,22-24H2,1-2H3/b30-3-. The number of rotatable bonds is 7. The zero-order chi connectivity index (χ0) is 29.0. The van der Waals surface area contributed by atoms with Crippen molar-refractivity contribution in [3.8, 4) is 5.75 Å². The Hall–Kier alpha value is -2.80. The summed E-state index contributed by atoms with van der Waals surface area (Å²) in [7, 11) is 0. The molecular formula is C34H38ClF3N2O. The molecule has 2 aliphatic rings. The summed E-state index contributed by atoms with van der Waals surface area (Å²) in [5.41, 5.74) is 6.95. The number of ether oxygens (including phenoxy) is 1. The van der Waals surface area contributed by atoms with E-state index in [1.165, 1.54) is 48.9 Å². The highest BCUT2D eigenvalue weighted by Gasteiger charge is 2.38. The molecule has 218 valence electrons. The largest absolute Gasteiger partial charge is 0.573 e. The summed E-state index contributed by atoms with van der Waals surface area (Å²) in [4.78, 5) is 5.15. The molecule has 41 heavy (non-hydrogen) atoms. The molecule has 0 radical (unpaired) electrons. The first kappa shape index (κ1) is 29.7. The first-order valence-electron chi connectivity index (χ1n) is 14.4. The number of likely N-dealkylation sites (tertiary alicyclic amines) is 2. The zero-order valence-corrected chi connectivity index (χ0v) is 24.6. The van der Waals surface area contributed by atoms with Crippen molar-refractivity contribution in [1.29, 1.82) is 0 Å². The van der Waals surface area contributed by atoms with Gasteiger partial charge in [-0.3, -0.25) is 9.80 Å². The summed E-state index contributed by atoms with van der Waals surface area (Å²) in [6, 6.07) is 20.9. The summed E-state index contributed by atoms with van der Waals surface area (Å²) in [6.45, 7) is 10.3. The minimum Gasteiger partial charge on any atom is -0.406 e. The second kappa shape index (κ2) is 12.6. The molecule has 2 aliphatic heterocycles. The fourth-order valence-corrected chi connectivity index (χ4v) is 6.73. The molecule has 0 aromatic heterocycles. The second-order valence-electron chi connectivity index (χ2n) is 11.6. The van der Waals surface area contributed by atoms with Crippen LogP contribution in [0.5, 0.6) is 5.75 Å². The lowest BCUT2D eigenvalue weighted by atomic mass is 9.72. The lowest BCUT2D eigenvalue weighted by Gasteiger charge is -2.48. The Kier molecular flexibility index (Phi) is 9.12. The number of benzene rings is 3. The third-order valence-electron chi connectivity index (χ3n) is 8.69. The van der Waals surface area contributed by atoms with Gasteiger partial charge in [0.15, 0.2) is 0 Å². The summed E-state index contributed by atoms with van der Waals surface area (Å²) in [6.07, 6.45) is 2.26. The van der Waals surface area contributed by atoms with Gasteiger partial charge < -0.3 is 4.74 Å². The van der Waals surface area contributed by atoms with Gasteiger partial charge in [-0.1, -0.05) is 60.1 Å². The summed E-state index contributed by atoms with van der Waals surface area (Å²) in [5, 5.41) is 0.850. The van der Waals surface area contributed by atoms with E-state index >= 15 is 0 Å². The van der Waals surface area contributed by atoms with Gasteiger partial charge in [-0.2, -0.15) is 0 Å². The van der Waals surface area contributed by atoms with Gasteiger partial charge >= 0.3 is 6.36 Å². The minimum atomic E-state index is -4.70. The SMILES string of the molecule is C/C=C(/c1ccc(OC(F)(F)F)cc1)c1cc(CN2CCCC3(CCN(Cc4ccccc4Cl)CC3)C2)ccc1C. The van der Waals surface area contributed by atoms with Crippen LogP contribution in [-0.2, 0) is 13.1 Å². The molecule has 3 aromatic carbocycles. The van der Waals surface area contributed by atoms with Crippen molar-refractivity contribution >= 4 is 17.2 Å². The second-order valence-corrected chi connectivity index (χ2v) is 12.0. The Morgan fingerprint density at radius 2 is 1.66 bits per heavy atom. The highest BCUT2D eigenvalue weighted by atomic mass is 35.5. The Bertz CT molecular complexity index is 1360. The van der Waals surface area contributed by atoms with Crippen molar-refractivity contribution in [3.63, 3.8) is 0 Å². The summed E-state index contributed by atoms with van der Waals surface area (Å²) in [5.74, 6) is -0.212. The number of hydrogen-bond donors (Lipinski definition) is 0. The van der Waals surface area contributed by atoms with Gasteiger partial charge in [0.2, 0.25) is 0 Å². The summed E-state index contributed by atoms with van der Waals surface area (Å²) < 4.78 is 41.9. The van der Waals surface area contributed by atoms with Crippen LogP contribution >= 0.6 is 11.6 Å². The molecule has 0 atom stereocenters. The van der Waals surface area contributed by atoms with Crippen LogP contribution in [0.15, 0.2) is 72.8 Å². The highest BCUT2D eigenvalue weighted by molar-refractivity contribution is 6.31. The van der Waals surface area contributed by atoms with Crippen molar-refractivity contribution in [3.05, 3.63) is 106 Å². The summed E-state index contributed by atoms with van der Waals surface area (Å²) >= 11 is 6.41. The molecule has 3 aromatic rings. The van der Waals surface area contributed by atoms with Crippen LogP contribution in [-0.4, -0.2) is 42.3 Å². The lowest BCUT2D eigenvalue weighted by molar-refractivity contribution is -0.274. The molecule has 2 saturated heterocycles. The van der Waals surface area contributed by atoms with E-state index in [-0.39, 0.29) is 5.75 Å². The number of piperidine rings is 2. The maximum absolute atomic E-state index is 12.6. The molecule has 3 nitrogen and oxygen atoms in total. The fourth-order valence-electron chi connectivity index (χ4n) is 6.54. The van der Waals surface area contributed by atoms with Crippen LogP contribution in [0.2, 0.25) is 5.02 Å². The fraction of sp³-hybridized carbons (Fsp3) is 0.412. The van der Waals surface area contributed by atoms with Crippen LogP contribution in [0.1, 0.15) is 60.4 Å². The monoisotopic (exact) mass is 582 g/mol. The van der Waals surface area contributed by atoms with E-state index in [1.54, 1.807) is 12.1 Å². The number of allylic oxidation sites excluding steroid dienone is 1. The molecule has 2 heterocycles. The number of aryl methyl sites for hydroxylation is 1. The van der Waals surface area contributed by atoms with Gasteiger partial charge in [-0.25, -0.2) is 0 Å². The smallest absolute Gasteiger partial charge is 0.406 e.